The Morgan fingerprint density at radius 1 is 1.07 bits per heavy atom. The second-order valence-corrected chi connectivity index (χ2v) is 6.09. The van der Waals surface area contributed by atoms with Crippen LogP contribution in [0.2, 0.25) is 0 Å². The summed E-state index contributed by atoms with van der Waals surface area (Å²) in [7, 11) is 3.44. The van der Waals surface area contributed by atoms with E-state index in [9.17, 15) is 0 Å². The van der Waals surface area contributed by atoms with E-state index in [2.05, 4.69) is 27.5 Å². The van der Waals surface area contributed by atoms with Gasteiger partial charge in [-0.05, 0) is 43.2 Å². The van der Waals surface area contributed by atoms with Crippen molar-refractivity contribution in [2.24, 2.45) is 4.99 Å². The Labute approximate surface area is 167 Å². The molecule has 7 heteroatoms. The van der Waals surface area contributed by atoms with Crippen molar-refractivity contribution in [1.82, 2.24) is 15.6 Å². The first-order chi connectivity index (χ1) is 13.8. The number of guanidine groups is 1. The number of nitrogens with zero attached hydrogens (tertiary/aromatic N) is 2. The maximum absolute atomic E-state index is 5.96. The van der Waals surface area contributed by atoms with Crippen molar-refractivity contribution < 1.29 is 14.2 Å². The number of nitrogens with one attached hydrogen (secondary N) is 2. The molecule has 1 aromatic carbocycles. The van der Waals surface area contributed by atoms with Crippen molar-refractivity contribution in [3.63, 3.8) is 0 Å². The number of ether oxygens (including phenoxy) is 3. The zero-order chi connectivity index (χ0) is 20.0. The van der Waals surface area contributed by atoms with Gasteiger partial charge in [0, 0.05) is 45.6 Å². The minimum absolute atomic E-state index is 0.546. The van der Waals surface area contributed by atoms with Gasteiger partial charge in [0.1, 0.15) is 11.5 Å². The molecule has 2 aromatic rings. The van der Waals surface area contributed by atoms with Crippen LogP contribution in [0, 0.1) is 0 Å². The normalized spacial score (nSPS) is 11.2. The molecule has 28 heavy (non-hydrogen) atoms. The highest BCUT2D eigenvalue weighted by Crippen LogP contribution is 2.25. The van der Waals surface area contributed by atoms with Gasteiger partial charge in [0.2, 0.25) is 5.88 Å². The Kier molecular flexibility index (Phi) is 9.65. The fourth-order valence-corrected chi connectivity index (χ4v) is 2.41. The van der Waals surface area contributed by atoms with Crippen LogP contribution < -0.4 is 20.1 Å². The van der Waals surface area contributed by atoms with Gasteiger partial charge in [-0.3, -0.25) is 4.99 Å². The third kappa shape index (κ3) is 7.44. The molecule has 0 saturated carbocycles. The zero-order valence-electron chi connectivity index (χ0n) is 16.9. The molecule has 1 aromatic heterocycles. The maximum atomic E-state index is 5.96. The van der Waals surface area contributed by atoms with E-state index < -0.39 is 0 Å². The van der Waals surface area contributed by atoms with Crippen LogP contribution >= 0.6 is 0 Å². The summed E-state index contributed by atoms with van der Waals surface area (Å²) >= 11 is 0. The summed E-state index contributed by atoms with van der Waals surface area (Å²) in [6.07, 6.45) is 3.61. The third-order valence-electron chi connectivity index (χ3n) is 3.85. The number of benzene rings is 1. The van der Waals surface area contributed by atoms with Crippen LogP contribution in [0.5, 0.6) is 17.4 Å². The predicted octanol–water partition coefficient (Wildman–Crippen LogP) is 3.36. The molecule has 0 fully saturated rings. The molecule has 1 heterocycles. The largest absolute Gasteiger partial charge is 0.494 e. The first-order valence-electron chi connectivity index (χ1n) is 9.55. The SMILES string of the molecule is CCCOc1ccc(Oc2ncccc2CNC(=NC)NCCCOC)cc1. The maximum Gasteiger partial charge on any atom is 0.224 e. The van der Waals surface area contributed by atoms with Crippen LogP contribution in [0.15, 0.2) is 47.6 Å². The van der Waals surface area contributed by atoms with E-state index in [4.69, 9.17) is 14.2 Å². The summed E-state index contributed by atoms with van der Waals surface area (Å²) in [5.41, 5.74) is 0.939. The molecule has 0 saturated heterocycles. The van der Waals surface area contributed by atoms with Crippen LogP contribution in [-0.4, -0.2) is 44.9 Å². The fourth-order valence-electron chi connectivity index (χ4n) is 2.41. The van der Waals surface area contributed by atoms with E-state index in [0.717, 1.165) is 36.7 Å². The van der Waals surface area contributed by atoms with E-state index in [1.165, 1.54) is 0 Å². The highest BCUT2D eigenvalue weighted by Gasteiger charge is 2.08. The van der Waals surface area contributed by atoms with Crippen molar-refractivity contribution in [2.75, 3.05) is 33.9 Å². The molecule has 0 atom stereocenters. The monoisotopic (exact) mass is 386 g/mol. The Balaban J connectivity index is 1.93. The summed E-state index contributed by atoms with van der Waals surface area (Å²) in [5, 5.41) is 6.53. The lowest BCUT2D eigenvalue weighted by Gasteiger charge is -2.14. The Morgan fingerprint density at radius 3 is 2.57 bits per heavy atom. The highest BCUT2D eigenvalue weighted by molar-refractivity contribution is 5.79. The lowest BCUT2D eigenvalue weighted by molar-refractivity contribution is 0.195. The zero-order valence-corrected chi connectivity index (χ0v) is 16.9. The Morgan fingerprint density at radius 2 is 1.86 bits per heavy atom. The second kappa shape index (κ2) is 12.6. The molecule has 0 unspecified atom stereocenters. The van der Waals surface area contributed by atoms with Crippen LogP contribution in [0.1, 0.15) is 25.3 Å². The molecular formula is C21H30N4O3. The van der Waals surface area contributed by atoms with E-state index >= 15 is 0 Å². The van der Waals surface area contributed by atoms with Crippen molar-refractivity contribution >= 4 is 5.96 Å². The van der Waals surface area contributed by atoms with E-state index in [-0.39, 0.29) is 0 Å². The standard InChI is InChI=1S/C21H30N4O3/c1-4-14-27-18-8-10-19(11-9-18)28-20-17(7-5-12-23-20)16-25-21(22-2)24-13-6-15-26-3/h5,7-12H,4,6,13-16H2,1-3H3,(H2,22,24,25). The molecule has 0 radical (unpaired) electrons. The highest BCUT2D eigenvalue weighted by atomic mass is 16.5. The number of hydrogen-bond acceptors (Lipinski definition) is 5. The van der Waals surface area contributed by atoms with Crippen LogP contribution in [-0.2, 0) is 11.3 Å². The van der Waals surface area contributed by atoms with Gasteiger partial charge >= 0.3 is 0 Å². The summed E-state index contributed by atoms with van der Waals surface area (Å²) in [4.78, 5) is 8.59. The first kappa shape index (κ1) is 21.5. The number of hydrogen-bond donors (Lipinski definition) is 2. The lowest BCUT2D eigenvalue weighted by atomic mass is 10.2. The van der Waals surface area contributed by atoms with Crippen LogP contribution in [0.3, 0.4) is 0 Å². The van der Waals surface area contributed by atoms with Crippen molar-refractivity contribution in [2.45, 2.75) is 26.3 Å². The van der Waals surface area contributed by atoms with Gasteiger partial charge < -0.3 is 24.8 Å². The lowest BCUT2D eigenvalue weighted by Crippen LogP contribution is -2.37. The van der Waals surface area contributed by atoms with E-state index in [1.54, 1.807) is 20.4 Å². The summed E-state index contributed by atoms with van der Waals surface area (Å²) in [5.74, 6) is 2.83. The Hall–Kier alpha value is -2.80. The Bertz CT molecular complexity index is 720. The second-order valence-electron chi connectivity index (χ2n) is 6.09. The van der Waals surface area contributed by atoms with Gasteiger partial charge in [-0.1, -0.05) is 13.0 Å². The molecule has 7 nitrogen and oxygen atoms in total. The van der Waals surface area contributed by atoms with Gasteiger partial charge in [-0.25, -0.2) is 4.98 Å². The van der Waals surface area contributed by atoms with Crippen molar-refractivity contribution in [3.8, 4) is 17.4 Å². The average Bonchev–Trinajstić information content (AvgIpc) is 2.74. The molecule has 0 spiro atoms. The van der Waals surface area contributed by atoms with Gasteiger partial charge in [0.25, 0.3) is 0 Å². The topological polar surface area (TPSA) is 77.0 Å². The average molecular weight is 386 g/mol. The number of aliphatic imine (C=N–C) groups is 1. The van der Waals surface area contributed by atoms with E-state index in [0.29, 0.717) is 31.4 Å². The molecule has 0 aliphatic carbocycles. The van der Waals surface area contributed by atoms with Crippen molar-refractivity contribution in [3.05, 3.63) is 48.2 Å². The quantitative estimate of drug-likeness (QED) is 0.350. The number of methoxy groups -OCH3 is 1. The fraction of sp³-hybridized carbons (Fsp3) is 0.429. The summed E-state index contributed by atoms with van der Waals surface area (Å²) in [6.45, 7) is 4.84. The summed E-state index contributed by atoms with van der Waals surface area (Å²) in [6, 6.07) is 11.4. The predicted molar refractivity (Wildman–Crippen MR) is 111 cm³/mol. The molecule has 0 aliphatic heterocycles. The van der Waals surface area contributed by atoms with Gasteiger partial charge in [0.15, 0.2) is 5.96 Å². The van der Waals surface area contributed by atoms with E-state index in [1.807, 2.05) is 36.4 Å². The molecule has 2 rings (SSSR count). The first-order valence-corrected chi connectivity index (χ1v) is 9.55. The molecular weight excluding hydrogens is 356 g/mol. The van der Waals surface area contributed by atoms with Crippen LogP contribution in [0.25, 0.3) is 0 Å². The van der Waals surface area contributed by atoms with Crippen LogP contribution in [0.4, 0.5) is 0 Å². The molecule has 0 bridgehead atoms. The number of rotatable bonds is 11. The summed E-state index contributed by atoms with van der Waals surface area (Å²) < 4.78 is 16.6. The molecule has 2 N–H and O–H groups in total. The molecule has 0 aliphatic rings. The molecule has 0 amide bonds. The molecule has 152 valence electrons. The smallest absolute Gasteiger partial charge is 0.224 e. The minimum atomic E-state index is 0.546. The third-order valence-corrected chi connectivity index (χ3v) is 3.85. The van der Waals surface area contributed by atoms with Gasteiger partial charge in [-0.15, -0.1) is 0 Å². The number of pyridine rings is 1. The minimum Gasteiger partial charge on any atom is -0.494 e. The van der Waals surface area contributed by atoms with Gasteiger partial charge in [-0.2, -0.15) is 0 Å². The number of aromatic nitrogens is 1. The van der Waals surface area contributed by atoms with Crippen molar-refractivity contribution in [1.29, 1.82) is 0 Å². The van der Waals surface area contributed by atoms with Gasteiger partial charge in [0.05, 0.1) is 6.61 Å².